The Balaban J connectivity index is 1.72. The minimum Gasteiger partial charge on any atom is -0.494 e. The van der Waals surface area contributed by atoms with E-state index in [1.807, 2.05) is 0 Å². The molecule has 6 nitrogen and oxygen atoms in total. The number of methoxy groups -OCH3 is 1. The number of ether oxygens (including phenoxy) is 1. The molecule has 0 bridgehead atoms. The zero-order valence-electron chi connectivity index (χ0n) is 14.5. The highest BCUT2D eigenvalue weighted by Crippen LogP contribution is 2.36. The number of fused-ring (bicyclic) bond motifs is 1. The number of nitrogens with zero attached hydrogens (tertiary/aromatic N) is 4. The van der Waals surface area contributed by atoms with Crippen LogP contribution in [0.3, 0.4) is 0 Å². The van der Waals surface area contributed by atoms with Crippen LogP contribution in [0.15, 0.2) is 41.6 Å². The third kappa shape index (κ3) is 2.97. The molecule has 4 rings (SSSR count). The Kier molecular flexibility index (Phi) is 4.39. The second kappa shape index (κ2) is 6.86. The predicted octanol–water partition coefficient (Wildman–Crippen LogP) is 2.58. The van der Waals surface area contributed by atoms with E-state index in [4.69, 9.17) is 4.74 Å². The van der Waals surface area contributed by atoms with Gasteiger partial charge in [0.05, 0.1) is 13.3 Å². The molecule has 0 N–H and O–H groups in total. The molecule has 1 aliphatic rings. The molecule has 0 spiro atoms. The van der Waals surface area contributed by atoms with Crippen LogP contribution in [-0.4, -0.2) is 26.9 Å². The van der Waals surface area contributed by atoms with Crippen molar-refractivity contribution in [2.45, 2.75) is 25.2 Å². The highest BCUT2D eigenvalue weighted by Gasteiger charge is 2.29. The van der Waals surface area contributed by atoms with Gasteiger partial charge >= 0.3 is 0 Å². The molecule has 8 heteroatoms. The van der Waals surface area contributed by atoms with Crippen molar-refractivity contribution >= 4 is 0 Å². The zero-order chi connectivity index (χ0) is 19.0. The van der Waals surface area contributed by atoms with Crippen molar-refractivity contribution < 1.29 is 13.5 Å². The third-order valence-corrected chi connectivity index (χ3v) is 4.84. The number of aromatic nitrogens is 4. The summed E-state index contributed by atoms with van der Waals surface area (Å²) in [7, 11) is 1.34. The zero-order valence-corrected chi connectivity index (χ0v) is 14.5. The first-order valence-electron chi connectivity index (χ1n) is 8.49. The third-order valence-electron chi connectivity index (χ3n) is 4.84. The maximum absolute atomic E-state index is 14.6. The van der Waals surface area contributed by atoms with E-state index in [9.17, 15) is 13.6 Å². The maximum atomic E-state index is 14.6. The quantitative estimate of drug-likeness (QED) is 0.709. The van der Waals surface area contributed by atoms with Crippen LogP contribution in [0.25, 0.3) is 5.95 Å². The van der Waals surface area contributed by atoms with Gasteiger partial charge in [0.25, 0.3) is 11.5 Å². The van der Waals surface area contributed by atoms with Crippen LogP contribution in [0.2, 0.25) is 0 Å². The van der Waals surface area contributed by atoms with Gasteiger partial charge in [-0.1, -0.05) is 0 Å². The van der Waals surface area contributed by atoms with Gasteiger partial charge in [0.1, 0.15) is 5.82 Å². The number of halogens is 2. The first-order chi connectivity index (χ1) is 13.1. The molecule has 0 saturated heterocycles. The summed E-state index contributed by atoms with van der Waals surface area (Å²) in [5, 5.41) is 4.14. The molecule has 2 heterocycles. The van der Waals surface area contributed by atoms with E-state index in [1.54, 1.807) is 12.3 Å². The van der Waals surface area contributed by atoms with Crippen LogP contribution in [-0.2, 0) is 12.8 Å². The van der Waals surface area contributed by atoms with Gasteiger partial charge in [-0.25, -0.2) is 18.7 Å². The lowest BCUT2D eigenvalue weighted by Crippen LogP contribution is -2.30. The Hall–Kier alpha value is -3.16. The maximum Gasteiger partial charge on any atom is 0.277 e. The molecule has 0 aliphatic heterocycles. The Labute approximate surface area is 153 Å². The fraction of sp³-hybridized carbons (Fsp3) is 0.263. The average molecular weight is 370 g/mol. The summed E-state index contributed by atoms with van der Waals surface area (Å²) in [6, 6.07) is 4.12. The number of rotatable bonds is 3. The van der Waals surface area contributed by atoms with Crippen molar-refractivity contribution in [2.75, 3.05) is 7.11 Å². The van der Waals surface area contributed by atoms with Crippen LogP contribution < -0.4 is 10.3 Å². The molecule has 27 heavy (non-hydrogen) atoms. The first-order valence-corrected chi connectivity index (χ1v) is 8.49. The van der Waals surface area contributed by atoms with Crippen LogP contribution in [0.1, 0.15) is 29.0 Å². The minimum absolute atomic E-state index is 0.00410. The van der Waals surface area contributed by atoms with Crippen LogP contribution in [0.4, 0.5) is 8.78 Å². The molecular weight excluding hydrogens is 354 g/mol. The molecule has 0 radical (unpaired) electrons. The van der Waals surface area contributed by atoms with Crippen LogP contribution in [0, 0.1) is 11.6 Å². The second-order valence-corrected chi connectivity index (χ2v) is 6.33. The molecule has 0 fully saturated rings. The standard InChI is InChI=1S/C19H16F2N4O2/c1-27-15-6-5-14(20)16(17(15)21)11-3-4-13-12(9-11)10-24-25(18(13)26)19-22-7-2-8-23-19/h2,5-8,10-11H,3-4,9H2,1H3. The van der Waals surface area contributed by atoms with Crippen molar-refractivity contribution in [3.8, 4) is 11.7 Å². The Morgan fingerprint density at radius 1 is 1.22 bits per heavy atom. The normalized spacial score (nSPS) is 16.0. The van der Waals surface area contributed by atoms with Gasteiger partial charge < -0.3 is 4.74 Å². The van der Waals surface area contributed by atoms with Gasteiger partial charge in [0.2, 0.25) is 0 Å². The van der Waals surface area contributed by atoms with Crippen molar-refractivity contribution in [3.63, 3.8) is 0 Å². The Morgan fingerprint density at radius 2 is 2.00 bits per heavy atom. The van der Waals surface area contributed by atoms with E-state index >= 15 is 0 Å². The first kappa shape index (κ1) is 17.3. The SMILES string of the molecule is COc1ccc(F)c(C2CCc3c(cnn(-c4ncccn4)c3=O)C2)c1F. The van der Waals surface area contributed by atoms with E-state index in [-0.39, 0.29) is 22.8 Å². The lowest BCUT2D eigenvalue weighted by Gasteiger charge is -2.25. The molecule has 1 aliphatic carbocycles. The van der Waals surface area contributed by atoms with Crippen molar-refractivity contribution in [2.24, 2.45) is 0 Å². The van der Waals surface area contributed by atoms with Gasteiger partial charge in [-0.3, -0.25) is 4.79 Å². The van der Waals surface area contributed by atoms with Gasteiger partial charge in [0, 0.05) is 23.5 Å². The molecule has 0 amide bonds. The van der Waals surface area contributed by atoms with E-state index in [1.165, 1.54) is 31.6 Å². The van der Waals surface area contributed by atoms with E-state index in [2.05, 4.69) is 15.1 Å². The minimum atomic E-state index is -0.690. The van der Waals surface area contributed by atoms with Crippen molar-refractivity contribution in [3.05, 3.63) is 75.5 Å². The average Bonchev–Trinajstić information content (AvgIpc) is 2.69. The van der Waals surface area contributed by atoms with E-state index in [0.29, 0.717) is 30.4 Å². The summed E-state index contributed by atoms with van der Waals surface area (Å²) in [6.07, 6.45) is 5.78. The summed E-state index contributed by atoms with van der Waals surface area (Å²) in [5.41, 5.74) is 0.960. The number of benzene rings is 1. The smallest absolute Gasteiger partial charge is 0.277 e. The van der Waals surface area contributed by atoms with Gasteiger partial charge in [-0.2, -0.15) is 9.78 Å². The topological polar surface area (TPSA) is 69.9 Å². The molecule has 1 aromatic carbocycles. The summed E-state index contributed by atoms with van der Waals surface area (Å²) >= 11 is 0. The summed E-state index contributed by atoms with van der Waals surface area (Å²) in [6.45, 7) is 0. The Bertz CT molecular complexity index is 1050. The lowest BCUT2D eigenvalue weighted by molar-refractivity contribution is 0.375. The summed E-state index contributed by atoms with van der Waals surface area (Å²) in [4.78, 5) is 20.8. The number of hydrogen-bond acceptors (Lipinski definition) is 5. The molecular formula is C19H16F2N4O2. The molecule has 138 valence electrons. The molecule has 3 aromatic rings. The van der Waals surface area contributed by atoms with Crippen molar-refractivity contribution in [1.82, 2.24) is 19.7 Å². The summed E-state index contributed by atoms with van der Waals surface area (Å²) in [5.74, 6) is -1.49. The fourth-order valence-corrected chi connectivity index (χ4v) is 3.52. The van der Waals surface area contributed by atoms with Gasteiger partial charge in [0.15, 0.2) is 11.6 Å². The highest BCUT2D eigenvalue weighted by atomic mass is 19.1. The molecule has 1 atom stereocenters. The predicted molar refractivity (Wildman–Crippen MR) is 93.1 cm³/mol. The lowest BCUT2D eigenvalue weighted by atomic mass is 9.80. The molecule has 1 unspecified atom stereocenters. The Morgan fingerprint density at radius 3 is 2.74 bits per heavy atom. The van der Waals surface area contributed by atoms with Gasteiger partial charge in [-0.15, -0.1) is 0 Å². The van der Waals surface area contributed by atoms with E-state index in [0.717, 1.165) is 4.68 Å². The van der Waals surface area contributed by atoms with Crippen LogP contribution in [0.5, 0.6) is 5.75 Å². The number of hydrogen-bond donors (Lipinski definition) is 0. The van der Waals surface area contributed by atoms with E-state index < -0.39 is 17.6 Å². The molecule has 0 saturated carbocycles. The van der Waals surface area contributed by atoms with Gasteiger partial charge in [-0.05, 0) is 48.9 Å². The highest BCUT2D eigenvalue weighted by molar-refractivity contribution is 5.38. The molecule has 2 aromatic heterocycles. The monoisotopic (exact) mass is 370 g/mol. The fourth-order valence-electron chi connectivity index (χ4n) is 3.52. The second-order valence-electron chi connectivity index (χ2n) is 6.33. The van der Waals surface area contributed by atoms with Crippen LogP contribution >= 0.6 is 0 Å². The largest absolute Gasteiger partial charge is 0.494 e. The van der Waals surface area contributed by atoms with Crippen molar-refractivity contribution in [1.29, 1.82) is 0 Å². The summed E-state index contributed by atoms with van der Waals surface area (Å²) < 4.78 is 35.0.